The van der Waals surface area contributed by atoms with Gasteiger partial charge >= 0.3 is 6.09 Å². The van der Waals surface area contributed by atoms with Crippen LogP contribution in [0.25, 0.3) is 0 Å². The maximum atomic E-state index is 11.2. The van der Waals surface area contributed by atoms with Crippen LogP contribution in [0.1, 0.15) is 18.9 Å². The number of anilines is 1. The van der Waals surface area contributed by atoms with Gasteiger partial charge in [0.2, 0.25) is 0 Å². The highest BCUT2D eigenvalue weighted by molar-refractivity contribution is 5.65. The van der Waals surface area contributed by atoms with Gasteiger partial charge in [-0.2, -0.15) is 5.26 Å². The molecular formula is C18H22N4O3. The molecular weight excluding hydrogens is 320 g/mol. The first-order valence-corrected chi connectivity index (χ1v) is 8.51. The molecule has 1 aromatic carbocycles. The highest BCUT2D eigenvalue weighted by Crippen LogP contribution is 2.33. The third kappa shape index (κ3) is 3.69. The van der Waals surface area contributed by atoms with E-state index in [1.807, 2.05) is 36.3 Å². The van der Waals surface area contributed by atoms with Crippen molar-refractivity contribution in [3.05, 3.63) is 35.5 Å². The van der Waals surface area contributed by atoms with Crippen LogP contribution >= 0.6 is 0 Å². The van der Waals surface area contributed by atoms with Gasteiger partial charge in [-0.3, -0.25) is 5.01 Å². The number of carbonyl (C=O) groups is 1. The normalized spacial score (nSPS) is 18.0. The SMILES string of the molecule is CCOc1ccc2c(c1)CC(C#N)=CN2N1CCCN(C(=O)O)CC1. The fourth-order valence-corrected chi connectivity index (χ4v) is 3.26. The van der Waals surface area contributed by atoms with E-state index in [0.29, 0.717) is 38.2 Å². The van der Waals surface area contributed by atoms with Crippen molar-refractivity contribution in [2.24, 2.45) is 0 Å². The summed E-state index contributed by atoms with van der Waals surface area (Å²) in [5.41, 5.74) is 2.75. The maximum absolute atomic E-state index is 11.2. The Morgan fingerprint density at radius 2 is 2.16 bits per heavy atom. The van der Waals surface area contributed by atoms with Crippen molar-refractivity contribution in [2.45, 2.75) is 19.8 Å². The van der Waals surface area contributed by atoms with Gasteiger partial charge in [0.1, 0.15) is 5.75 Å². The van der Waals surface area contributed by atoms with Crippen molar-refractivity contribution in [3.8, 4) is 11.8 Å². The Morgan fingerprint density at radius 3 is 2.88 bits per heavy atom. The lowest BCUT2D eigenvalue weighted by Gasteiger charge is -2.37. The van der Waals surface area contributed by atoms with Crippen molar-refractivity contribution < 1.29 is 14.6 Å². The number of allylic oxidation sites excluding steroid dienone is 1. The van der Waals surface area contributed by atoms with Crippen LogP contribution in [0.3, 0.4) is 0 Å². The lowest BCUT2D eigenvalue weighted by molar-refractivity contribution is 0.146. The van der Waals surface area contributed by atoms with E-state index in [0.717, 1.165) is 30.0 Å². The molecule has 2 aliphatic heterocycles. The summed E-state index contributed by atoms with van der Waals surface area (Å²) in [5, 5.41) is 22.7. The number of hydrogen-bond donors (Lipinski definition) is 1. The summed E-state index contributed by atoms with van der Waals surface area (Å²) in [6.45, 7) is 4.86. The van der Waals surface area contributed by atoms with E-state index in [1.165, 1.54) is 4.90 Å². The largest absolute Gasteiger partial charge is 0.494 e. The number of rotatable bonds is 3. The molecule has 3 rings (SSSR count). The lowest BCUT2D eigenvalue weighted by Crippen LogP contribution is -2.43. The van der Waals surface area contributed by atoms with E-state index in [2.05, 4.69) is 11.1 Å². The lowest BCUT2D eigenvalue weighted by atomic mass is 10.0. The Bertz CT molecular complexity index is 726. The van der Waals surface area contributed by atoms with E-state index < -0.39 is 6.09 Å². The summed E-state index contributed by atoms with van der Waals surface area (Å²) in [4.78, 5) is 12.7. The zero-order chi connectivity index (χ0) is 17.8. The van der Waals surface area contributed by atoms with Gasteiger partial charge in [0.25, 0.3) is 0 Å². The number of carboxylic acid groups (broad SMARTS) is 1. The quantitative estimate of drug-likeness (QED) is 0.909. The van der Waals surface area contributed by atoms with Gasteiger partial charge in [-0.25, -0.2) is 9.80 Å². The Labute approximate surface area is 147 Å². The molecule has 2 aliphatic rings. The molecule has 0 saturated carbocycles. The van der Waals surface area contributed by atoms with Gasteiger partial charge in [0.15, 0.2) is 0 Å². The van der Waals surface area contributed by atoms with Gasteiger partial charge in [0, 0.05) is 38.8 Å². The van der Waals surface area contributed by atoms with Gasteiger partial charge < -0.3 is 14.7 Å². The Kier molecular flexibility index (Phi) is 5.10. The van der Waals surface area contributed by atoms with Gasteiger partial charge in [0.05, 0.1) is 23.9 Å². The number of nitrogens with zero attached hydrogens (tertiary/aromatic N) is 4. The number of hydrogen-bond acceptors (Lipinski definition) is 5. The van der Waals surface area contributed by atoms with Gasteiger partial charge in [-0.15, -0.1) is 0 Å². The zero-order valence-electron chi connectivity index (χ0n) is 14.3. The Morgan fingerprint density at radius 1 is 1.32 bits per heavy atom. The van der Waals surface area contributed by atoms with E-state index in [-0.39, 0.29) is 0 Å². The topological polar surface area (TPSA) is 80.0 Å². The third-order valence-corrected chi connectivity index (χ3v) is 4.46. The van der Waals surface area contributed by atoms with Crippen LogP contribution in [0.2, 0.25) is 0 Å². The standard InChI is InChI=1S/C18H22N4O3/c1-2-25-16-4-5-17-15(11-16)10-14(12-19)13-22(17)21-7-3-6-20(8-9-21)18(23)24/h4-5,11,13H,2-3,6-10H2,1H3,(H,23,24). The second-order valence-corrected chi connectivity index (χ2v) is 6.09. The minimum atomic E-state index is -0.879. The predicted molar refractivity (Wildman–Crippen MR) is 93.3 cm³/mol. The van der Waals surface area contributed by atoms with Crippen molar-refractivity contribution in [2.75, 3.05) is 37.8 Å². The maximum Gasteiger partial charge on any atom is 0.407 e. The molecule has 1 N–H and O–H groups in total. The molecule has 0 bridgehead atoms. The molecule has 0 radical (unpaired) electrons. The Hall–Kier alpha value is -2.72. The average molecular weight is 342 g/mol. The molecule has 25 heavy (non-hydrogen) atoms. The second kappa shape index (κ2) is 7.45. The molecule has 0 aromatic heterocycles. The predicted octanol–water partition coefficient (Wildman–Crippen LogP) is 2.46. The van der Waals surface area contributed by atoms with Crippen molar-refractivity contribution in [1.82, 2.24) is 9.91 Å². The Balaban J connectivity index is 1.87. The van der Waals surface area contributed by atoms with E-state index in [9.17, 15) is 15.2 Å². The summed E-state index contributed by atoms with van der Waals surface area (Å²) in [6, 6.07) is 8.18. The average Bonchev–Trinajstić information content (AvgIpc) is 2.87. The van der Waals surface area contributed by atoms with Gasteiger partial charge in [-0.05, 0) is 37.1 Å². The second-order valence-electron chi connectivity index (χ2n) is 6.09. The van der Waals surface area contributed by atoms with Crippen molar-refractivity contribution in [3.63, 3.8) is 0 Å². The van der Waals surface area contributed by atoms with Crippen LogP contribution in [0.5, 0.6) is 5.75 Å². The van der Waals surface area contributed by atoms with Crippen LogP contribution in [0.15, 0.2) is 30.0 Å². The molecule has 7 heteroatoms. The zero-order valence-corrected chi connectivity index (χ0v) is 14.3. The highest BCUT2D eigenvalue weighted by atomic mass is 16.5. The van der Waals surface area contributed by atoms with Gasteiger partial charge in [-0.1, -0.05) is 0 Å². The number of fused-ring (bicyclic) bond motifs is 1. The monoisotopic (exact) mass is 342 g/mol. The van der Waals surface area contributed by atoms with Crippen LogP contribution in [0.4, 0.5) is 10.5 Å². The minimum Gasteiger partial charge on any atom is -0.494 e. The number of amides is 1. The first kappa shape index (κ1) is 17.1. The summed E-state index contributed by atoms with van der Waals surface area (Å²) < 4.78 is 5.58. The molecule has 2 heterocycles. The molecule has 0 aliphatic carbocycles. The summed E-state index contributed by atoms with van der Waals surface area (Å²) in [5.74, 6) is 0.799. The highest BCUT2D eigenvalue weighted by Gasteiger charge is 2.26. The molecule has 1 fully saturated rings. The third-order valence-electron chi connectivity index (χ3n) is 4.46. The number of hydrazine groups is 1. The molecule has 0 spiro atoms. The molecule has 7 nitrogen and oxygen atoms in total. The first-order chi connectivity index (χ1) is 12.1. The molecule has 132 valence electrons. The van der Waals surface area contributed by atoms with Crippen LogP contribution < -0.4 is 9.75 Å². The number of nitriles is 1. The summed E-state index contributed by atoms with van der Waals surface area (Å²) in [6.07, 6.45) is 2.32. The number of ether oxygens (including phenoxy) is 1. The molecule has 0 unspecified atom stereocenters. The van der Waals surface area contributed by atoms with E-state index in [1.54, 1.807) is 0 Å². The minimum absolute atomic E-state index is 0.452. The number of benzene rings is 1. The van der Waals surface area contributed by atoms with Crippen LogP contribution in [-0.2, 0) is 6.42 Å². The van der Waals surface area contributed by atoms with Crippen LogP contribution in [-0.4, -0.2) is 53.9 Å². The fourth-order valence-electron chi connectivity index (χ4n) is 3.26. The summed E-state index contributed by atoms with van der Waals surface area (Å²) in [7, 11) is 0. The van der Waals surface area contributed by atoms with Crippen LogP contribution in [0, 0.1) is 11.3 Å². The van der Waals surface area contributed by atoms with E-state index >= 15 is 0 Å². The molecule has 0 atom stereocenters. The molecule has 1 saturated heterocycles. The molecule has 1 amide bonds. The van der Waals surface area contributed by atoms with E-state index in [4.69, 9.17) is 4.74 Å². The van der Waals surface area contributed by atoms with Crippen molar-refractivity contribution in [1.29, 1.82) is 5.26 Å². The van der Waals surface area contributed by atoms with Crippen molar-refractivity contribution >= 4 is 11.8 Å². The first-order valence-electron chi connectivity index (χ1n) is 8.51. The molecule has 1 aromatic rings. The summed E-state index contributed by atoms with van der Waals surface area (Å²) >= 11 is 0. The fraction of sp³-hybridized carbons (Fsp3) is 0.444. The smallest absolute Gasteiger partial charge is 0.407 e.